The van der Waals surface area contributed by atoms with E-state index in [-0.39, 0.29) is 48.0 Å². The number of hydrogen-bond donors (Lipinski definition) is 3. The molecule has 0 aliphatic carbocycles. The molecule has 31 heavy (non-hydrogen) atoms. The fourth-order valence-corrected chi connectivity index (χ4v) is 4.84. The first-order chi connectivity index (χ1) is 13.9. The van der Waals surface area contributed by atoms with Crippen molar-refractivity contribution in [3.63, 3.8) is 0 Å². The van der Waals surface area contributed by atoms with Crippen molar-refractivity contribution in [2.45, 2.75) is 45.1 Å². The van der Waals surface area contributed by atoms with Gasteiger partial charge in [-0.15, -0.1) is 24.8 Å². The number of fused-ring (bicyclic) bond motifs is 4. The summed E-state index contributed by atoms with van der Waals surface area (Å²) < 4.78 is 1.89. The van der Waals surface area contributed by atoms with Crippen LogP contribution in [-0.4, -0.2) is 40.1 Å². The summed E-state index contributed by atoms with van der Waals surface area (Å²) in [6.07, 6.45) is 1.87. The van der Waals surface area contributed by atoms with Crippen LogP contribution in [0.15, 0.2) is 27.8 Å². The quantitative estimate of drug-likeness (QED) is 0.612. The number of hydrogen-bond acceptors (Lipinski definition) is 5. The number of H-pyrrole nitrogens is 1. The molecule has 4 heterocycles. The lowest BCUT2D eigenvalue weighted by Gasteiger charge is -2.43. The first-order valence-corrected chi connectivity index (χ1v) is 10.2. The summed E-state index contributed by atoms with van der Waals surface area (Å²) >= 11 is 0. The van der Waals surface area contributed by atoms with Gasteiger partial charge < -0.3 is 20.2 Å². The Hall–Kier alpha value is -2.16. The number of halogens is 2. The molecule has 0 spiro atoms. The molecule has 1 saturated heterocycles. The molecule has 0 aromatic carbocycles. The number of carbonyl (C=O) groups excluding carboxylic acids is 1. The molecule has 2 bridgehead atoms. The molecule has 1 amide bonds. The van der Waals surface area contributed by atoms with E-state index in [9.17, 15) is 14.4 Å². The molecular weight excluding hydrogens is 441 g/mol. The molecule has 0 saturated carbocycles. The van der Waals surface area contributed by atoms with E-state index in [0.717, 1.165) is 36.5 Å². The molecule has 0 unspecified atom stereocenters. The highest BCUT2D eigenvalue weighted by atomic mass is 35.5. The van der Waals surface area contributed by atoms with Crippen LogP contribution in [0.1, 0.15) is 47.4 Å². The third kappa shape index (κ3) is 5.19. The predicted molar refractivity (Wildman–Crippen MR) is 124 cm³/mol. The van der Waals surface area contributed by atoms with Gasteiger partial charge in [-0.2, -0.15) is 4.98 Å². The van der Waals surface area contributed by atoms with E-state index in [0.29, 0.717) is 36.9 Å². The van der Waals surface area contributed by atoms with Gasteiger partial charge >= 0.3 is 5.69 Å². The number of aromatic amines is 1. The number of rotatable bonds is 5. The maximum absolute atomic E-state index is 12.6. The third-order valence-corrected chi connectivity index (χ3v) is 6.26. The Labute approximate surface area is 193 Å². The molecule has 10 heteroatoms. The summed E-state index contributed by atoms with van der Waals surface area (Å²) in [5.41, 5.74) is 3.01. The largest absolute Gasteiger partial charge is 0.354 e. The highest BCUT2D eigenvalue weighted by Crippen LogP contribution is 2.38. The summed E-state index contributed by atoms with van der Waals surface area (Å²) in [7, 11) is 0. The normalized spacial score (nSPS) is 21.3. The van der Waals surface area contributed by atoms with Crippen LogP contribution in [-0.2, 0) is 11.2 Å². The Morgan fingerprint density at radius 2 is 2.00 bits per heavy atom. The monoisotopic (exact) mass is 469 g/mol. The third-order valence-electron chi connectivity index (χ3n) is 6.26. The second-order valence-electron chi connectivity index (χ2n) is 8.11. The Bertz CT molecular complexity index is 1030. The van der Waals surface area contributed by atoms with Crippen molar-refractivity contribution >= 4 is 30.7 Å². The van der Waals surface area contributed by atoms with Crippen LogP contribution in [0.5, 0.6) is 0 Å². The maximum atomic E-state index is 12.6. The zero-order valence-electron chi connectivity index (χ0n) is 17.6. The highest BCUT2D eigenvalue weighted by molar-refractivity contribution is 5.85. The second kappa shape index (κ2) is 10.4. The van der Waals surface area contributed by atoms with Crippen LogP contribution in [0, 0.1) is 19.8 Å². The van der Waals surface area contributed by atoms with E-state index in [4.69, 9.17) is 0 Å². The number of nitrogens with one attached hydrogen (secondary N) is 3. The van der Waals surface area contributed by atoms with Gasteiger partial charge in [0.1, 0.15) is 0 Å². The lowest BCUT2D eigenvalue weighted by Crippen LogP contribution is -2.50. The minimum absolute atomic E-state index is 0. The molecule has 1 fully saturated rings. The number of piperidine rings is 1. The van der Waals surface area contributed by atoms with Crippen LogP contribution in [0.3, 0.4) is 0 Å². The number of carbonyl (C=O) groups is 1. The zero-order chi connectivity index (χ0) is 20.5. The van der Waals surface area contributed by atoms with Crippen molar-refractivity contribution in [1.82, 2.24) is 25.2 Å². The van der Waals surface area contributed by atoms with Crippen LogP contribution in [0.25, 0.3) is 0 Å². The van der Waals surface area contributed by atoms with Crippen molar-refractivity contribution in [2.75, 3.05) is 19.6 Å². The van der Waals surface area contributed by atoms with Gasteiger partial charge in [0.15, 0.2) is 0 Å². The van der Waals surface area contributed by atoms with Gasteiger partial charge in [0, 0.05) is 55.1 Å². The Kier molecular flexibility index (Phi) is 8.45. The lowest BCUT2D eigenvalue weighted by atomic mass is 9.79. The second-order valence-corrected chi connectivity index (χ2v) is 8.11. The van der Waals surface area contributed by atoms with Gasteiger partial charge in [0.2, 0.25) is 5.91 Å². The average molecular weight is 470 g/mol. The summed E-state index contributed by atoms with van der Waals surface area (Å²) in [6, 6.07) is 5.41. The number of amides is 1. The summed E-state index contributed by atoms with van der Waals surface area (Å²) in [5, 5.41) is 6.49. The van der Waals surface area contributed by atoms with Gasteiger partial charge in [-0.05, 0) is 44.2 Å². The zero-order valence-corrected chi connectivity index (χ0v) is 19.3. The highest BCUT2D eigenvalue weighted by Gasteiger charge is 2.37. The minimum Gasteiger partial charge on any atom is -0.354 e. The standard InChI is InChI=1S/C21H27N5O3.2ClH/c1-12-16(13(2)25-21(29)24-12)6-7-19(27)23-11-18-15-8-14(9-22-10-15)17-4-3-5-20(28)26(17)18;;/h3-5,14-15,18,22H,6-11H2,1-2H3,(H,23,27)(H,24,25,29);2*1H/t14-,15+,18+;;/m1../s1. The molecule has 2 aromatic rings. The Morgan fingerprint density at radius 3 is 2.74 bits per heavy atom. The number of aryl methyl sites for hydroxylation is 2. The topological polar surface area (TPSA) is 109 Å². The molecule has 2 aliphatic heterocycles. The van der Waals surface area contributed by atoms with E-state index in [1.54, 1.807) is 13.0 Å². The van der Waals surface area contributed by atoms with E-state index >= 15 is 0 Å². The van der Waals surface area contributed by atoms with Gasteiger partial charge in [-0.25, -0.2) is 4.79 Å². The van der Waals surface area contributed by atoms with E-state index in [1.165, 1.54) is 0 Å². The Balaban J connectivity index is 0.00000171. The number of aromatic nitrogens is 3. The van der Waals surface area contributed by atoms with Crippen molar-refractivity contribution in [3.8, 4) is 0 Å². The minimum atomic E-state index is -0.367. The van der Waals surface area contributed by atoms with Gasteiger partial charge in [-0.1, -0.05) is 6.07 Å². The van der Waals surface area contributed by atoms with Crippen LogP contribution < -0.4 is 21.9 Å². The fourth-order valence-electron chi connectivity index (χ4n) is 4.84. The van der Waals surface area contributed by atoms with Gasteiger partial charge in [0.25, 0.3) is 5.56 Å². The lowest BCUT2D eigenvalue weighted by molar-refractivity contribution is -0.121. The summed E-state index contributed by atoms with van der Waals surface area (Å²) in [5.74, 6) is 0.620. The molecule has 3 N–H and O–H groups in total. The molecule has 3 atom stereocenters. The fraction of sp³-hybridized carbons (Fsp3) is 0.524. The molecule has 0 radical (unpaired) electrons. The van der Waals surface area contributed by atoms with E-state index in [2.05, 4.69) is 20.6 Å². The van der Waals surface area contributed by atoms with Crippen LogP contribution >= 0.6 is 24.8 Å². The average Bonchev–Trinajstić information content (AvgIpc) is 2.68. The molecule has 170 valence electrons. The van der Waals surface area contributed by atoms with Crippen LogP contribution in [0.2, 0.25) is 0 Å². The Morgan fingerprint density at radius 1 is 1.23 bits per heavy atom. The molecule has 8 nitrogen and oxygen atoms in total. The molecule has 2 aromatic heterocycles. The van der Waals surface area contributed by atoms with Crippen molar-refractivity contribution in [1.29, 1.82) is 0 Å². The van der Waals surface area contributed by atoms with Crippen molar-refractivity contribution in [2.24, 2.45) is 5.92 Å². The molecule has 2 aliphatic rings. The molecule has 4 rings (SSSR count). The first-order valence-electron chi connectivity index (χ1n) is 10.2. The van der Waals surface area contributed by atoms with Crippen molar-refractivity contribution in [3.05, 3.63) is 61.7 Å². The summed E-state index contributed by atoms with van der Waals surface area (Å²) in [4.78, 5) is 43.1. The maximum Gasteiger partial charge on any atom is 0.345 e. The van der Waals surface area contributed by atoms with E-state index in [1.807, 2.05) is 23.6 Å². The summed E-state index contributed by atoms with van der Waals surface area (Å²) in [6.45, 7) is 5.80. The van der Waals surface area contributed by atoms with Gasteiger partial charge in [0.05, 0.1) is 6.04 Å². The van der Waals surface area contributed by atoms with Crippen molar-refractivity contribution < 1.29 is 4.79 Å². The number of nitrogens with zero attached hydrogens (tertiary/aromatic N) is 2. The first kappa shape index (κ1) is 25.1. The van der Waals surface area contributed by atoms with E-state index < -0.39 is 0 Å². The smallest absolute Gasteiger partial charge is 0.345 e. The predicted octanol–water partition coefficient (Wildman–Crippen LogP) is 1.39. The number of pyridine rings is 1. The molecular formula is C21H29Cl2N5O3. The van der Waals surface area contributed by atoms with Gasteiger partial charge in [-0.3, -0.25) is 9.59 Å². The SMILES string of the molecule is Cc1nc(=O)[nH]c(C)c1CCC(=O)NC[C@H]1[C@@H]2CNC[C@@H](C2)c2cccc(=O)n21.Cl.Cl. The van der Waals surface area contributed by atoms with Crippen LogP contribution in [0.4, 0.5) is 0 Å².